The third-order valence-electron chi connectivity index (χ3n) is 10.4. The molecule has 8 atom stereocenters. The highest BCUT2D eigenvalue weighted by atomic mass is 16.7. The van der Waals surface area contributed by atoms with Crippen molar-refractivity contribution >= 4 is 5.97 Å². The molecular formula is C37H45N3O12. The number of nitrogens with one attached hydrogen (secondary N) is 3. The zero-order chi connectivity index (χ0) is 36.9. The number of phenols is 1. The lowest BCUT2D eigenvalue weighted by atomic mass is 9.74. The largest absolute Gasteiger partial charge is 0.508 e. The summed E-state index contributed by atoms with van der Waals surface area (Å²) in [5.74, 6) is 0.747. The molecule has 0 aliphatic carbocycles. The molecule has 7 rings (SSSR count). The van der Waals surface area contributed by atoms with Crippen LogP contribution >= 0.6 is 0 Å². The summed E-state index contributed by atoms with van der Waals surface area (Å²) in [5.41, 5.74) is -2.18. The van der Waals surface area contributed by atoms with E-state index in [1.54, 1.807) is 37.4 Å². The molecule has 8 N–H and O–H groups in total. The Morgan fingerprint density at radius 1 is 1.15 bits per heavy atom. The van der Waals surface area contributed by atoms with Crippen molar-refractivity contribution in [3.63, 3.8) is 0 Å². The lowest BCUT2D eigenvalue weighted by molar-refractivity contribution is -0.362. The number of carboxylic acids is 1. The molecule has 15 nitrogen and oxygen atoms in total. The molecule has 2 fully saturated rings. The molecule has 2 bridgehead atoms. The third kappa shape index (κ3) is 5.86. The van der Waals surface area contributed by atoms with Crippen molar-refractivity contribution in [2.24, 2.45) is 5.92 Å². The van der Waals surface area contributed by atoms with Crippen LogP contribution in [0.1, 0.15) is 43.4 Å². The average molecular weight is 724 g/mol. The number of likely N-dealkylation sites (N-methyl/N-ethyl adjacent to an activating group) is 1. The maximum Gasteiger partial charge on any atom is 0.340 e. The van der Waals surface area contributed by atoms with Crippen molar-refractivity contribution in [3.05, 3.63) is 59.7 Å². The minimum atomic E-state index is -2.48. The van der Waals surface area contributed by atoms with Crippen molar-refractivity contribution < 1.29 is 58.7 Å². The zero-order valence-electron chi connectivity index (χ0n) is 29.3. The van der Waals surface area contributed by atoms with Crippen molar-refractivity contribution in [2.45, 2.75) is 68.2 Å². The van der Waals surface area contributed by atoms with E-state index in [0.29, 0.717) is 52.3 Å². The monoisotopic (exact) mass is 723 g/mol. The van der Waals surface area contributed by atoms with Gasteiger partial charge < -0.3 is 59.3 Å². The number of hydrogen-bond acceptors (Lipinski definition) is 14. The molecule has 8 unspecified atom stereocenters. The van der Waals surface area contributed by atoms with E-state index in [2.05, 4.69) is 29.8 Å². The number of benzene rings is 3. The van der Waals surface area contributed by atoms with Gasteiger partial charge in [0.05, 0.1) is 25.7 Å². The number of aliphatic carboxylic acids is 1. The number of piperidine rings is 1. The molecule has 3 aromatic carbocycles. The normalized spacial score (nSPS) is 30.0. The molecule has 4 heterocycles. The summed E-state index contributed by atoms with van der Waals surface area (Å²) in [4.78, 5) is 12.7. The van der Waals surface area contributed by atoms with Gasteiger partial charge in [-0.05, 0) is 61.3 Å². The van der Waals surface area contributed by atoms with Crippen LogP contribution in [0.4, 0.5) is 0 Å². The van der Waals surface area contributed by atoms with Gasteiger partial charge >= 0.3 is 5.97 Å². The highest BCUT2D eigenvalue weighted by molar-refractivity contribution is 5.81. The van der Waals surface area contributed by atoms with Gasteiger partial charge in [-0.3, -0.25) is 10.6 Å². The molecule has 0 spiro atoms. The van der Waals surface area contributed by atoms with Crippen LogP contribution in [0.2, 0.25) is 0 Å². The first-order valence-electron chi connectivity index (χ1n) is 17.3. The van der Waals surface area contributed by atoms with E-state index >= 15 is 0 Å². The number of ether oxygens (including phenoxy) is 6. The summed E-state index contributed by atoms with van der Waals surface area (Å²) in [6, 6.07) is 12.6. The highest BCUT2D eigenvalue weighted by Crippen LogP contribution is 2.58. The van der Waals surface area contributed by atoms with Crippen LogP contribution < -0.4 is 39.6 Å². The summed E-state index contributed by atoms with van der Waals surface area (Å²) in [7, 11) is 3.05. The molecule has 0 amide bonds. The number of hydrogen-bond donors (Lipinski definition) is 8. The van der Waals surface area contributed by atoms with Gasteiger partial charge in [0.2, 0.25) is 17.6 Å². The van der Waals surface area contributed by atoms with Crippen LogP contribution in [0.25, 0.3) is 11.1 Å². The number of carbonyl (C=O) groups is 1. The van der Waals surface area contributed by atoms with Crippen LogP contribution in [0, 0.1) is 5.92 Å². The first-order chi connectivity index (χ1) is 24.9. The van der Waals surface area contributed by atoms with Crippen LogP contribution in [0.3, 0.4) is 0 Å². The predicted octanol–water partition coefficient (Wildman–Crippen LogP) is 1.81. The topological polar surface area (TPSA) is 210 Å². The van der Waals surface area contributed by atoms with Crippen LogP contribution in [-0.2, 0) is 9.53 Å². The van der Waals surface area contributed by atoms with Gasteiger partial charge in [0.25, 0.3) is 0 Å². The lowest BCUT2D eigenvalue weighted by Crippen LogP contribution is -2.87. The second-order valence-corrected chi connectivity index (χ2v) is 14.0. The van der Waals surface area contributed by atoms with Gasteiger partial charge in [-0.25, -0.2) is 4.79 Å². The van der Waals surface area contributed by atoms with E-state index in [1.165, 1.54) is 13.1 Å². The number of rotatable bonds is 12. The minimum absolute atomic E-state index is 0.00888. The lowest BCUT2D eigenvalue weighted by Gasteiger charge is -2.58. The fraction of sp³-hybridized carbons (Fsp3) is 0.486. The maximum atomic E-state index is 12.7. The standard InChI is InChI=1S/C37H45N3O12/c1-18(2)10-11-39-17-49-25-9-8-22-24-16-48-26-14-21(50-33-32(42)37(46)34(43)36(52-33,35(44)45)27(38-3)15-40-37)13-23(19-6-5-7-20(41)12-19)28(26)29(24)51-30(22)31(25)47-4/h5-9,12-14,18,24,27,29,32-34,38-43,46H,10-11,15-17H2,1-4H3,(H,44,45). The van der Waals surface area contributed by atoms with Crippen molar-refractivity contribution in [2.75, 3.05) is 40.6 Å². The molecular weight excluding hydrogens is 678 g/mol. The highest BCUT2D eigenvalue weighted by Gasteiger charge is 2.71. The maximum absolute atomic E-state index is 12.7. The van der Waals surface area contributed by atoms with E-state index < -0.39 is 47.9 Å². The van der Waals surface area contributed by atoms with Crippen LogP contribution in [0.15, 0.2) is 48.5 Å². The second kappa shape index (κ2) is 13.9. The molecule has 15 heteroatoms. The Kier molecular flexibility index (Phi) is 9.63. The fourth-order valence-corrected chi connectivity index (χ4v) is 7.62. The molecule has 280 valence electrons. The van der Waals surface area contributed by atoms with Gasteiger partial charge in [0.1, 0.15) is 36.2 Å². The summed E-state index contributed by atoms with van der Waals surface area (Å²) in [5, 5.41) is 63.2. The first kappa shape index (κ1) is 36.0. The molecule has 3 aromatic rings. The van der Waals surface area contributed by atoms with Gasteiger partial charge in [-0.2, -0.15) is 0 Å². The Morgan fingerprint density at radius 2 is 1.96 bits per heavy atom. The molecule has 0 radical (unpaired) electrons. The summed E-state index contributed by atoms with van der Waals surface area (Å²) >= 11 is 0. The van der Waals surface area contributed by atoms with Gasteiger partial charge in [0.15, 0.2) is 23.3 Å². The Labute approximate surface area is 300 Å². The number of fused-ring (bicyclic) bond motifs is 7. The first-order valence-corrected chi connectivity index (χ1v) is 17.3. The quantitative estimate of drug-likeness (QED) is 0.0990. The smallest absolute Gasteiger partial charge is 0.340 e. The fourth-order valence-electron chi connectivity index (χ4n) is 7.62. The Morgan fingerprint density at radius 3 is 2.67 bits per heavy atom. The number of aliphatic hydroxyl groups is 3. The van der Waals surface area contributed by atoms with E-state index in [4.69, 9.17) is 28.4 Å². The SMILES string of the molecule is CNC1CNC2(O)C(O)C(Oc3cc4c(c(-c5cccc(O)c5)c3)C3Oc5c(ccc(OCNCCC(C)C)c5OC)C3CO4)OC1(C(=O)O)C2O. The van der Waals surface area contributed by atoms with Crippen molar-refractivity contribution in [3.8, 4) is 45.6 Å². The van der Waals surface area contributed by atoms with Gasteiger partial charge in [-0.1, -0.05) is 32.0 Å². The summed E-state index contributed by atoms with van der Waals surface area (Å²) < 4.78 is 36.9. The average Bonchev–Trinajstić information content (AvgIpc) is 3.50. The number of methoxy groups -OCH3 is 1. The van der Waals surface area contributed by atoms with E-state index in [0.717, 1.165) is 18.5 Å². The minimum Gasteiger partial charge on any atom is -0.508 e. The molecule has 0 saturated carbocycles. The summed E-state index contributed by atoms with van der Waals surface area (Å²) in [6.07, 6.45) is -5.27. The molecule has 4 aliphatic rings. The van der Waals surface area contributed by atoms with E-state index in [1.807, 2.05) is 12.1 Å². The Balaban J connectivity index is 1.24. The van der Waals surface area contributed by atoms with E-state index in [-0.39, 0.29) is 30.6 Å². The Bertz CT molecular complexity index is 1820. The molecule has 2 saturated heterocycles. The van der Waals surface area contributed by atoms with Gasteiger partial charge in [0, 0.05) is 23.7 Å². The number of phenolic OH excluding ortho intramolecular Hbond substituents is 1. The molecule has 52 heavy (non-hydrogen) atoms. The second-order valence-electron chi connectivity index (χ2n) is 14.0. The van der Waals surface area contributed by atoms with Crippen molar-refractivity contribution in [1.29, 1.82) is 0 Å². The zero-order valence-corrected chi connectivity index (χ0v) is 29.3. The summed E-state index contributed by atoms with van der Waals surface area (Å²) in [6.45, 7) is 5.51. The van der Waals surface area contributed by atoms with Crippen LogP contribution in [0.5, 0.6) is 34.5 Å². The predicted molar refractivity (Wildman–Crippen MR) is 185 cm³/mol. The molecule has 0 aromatic heterocycles. The number of carboxylic acid groups (broad SMARTS) is 1. The van der Waals surface area contributed by atoms with Crippen molar-refractivity contribution in [1.82, 2.24) is 16.0 Å². The number of aliphatic hydroxyl groups excluding tert-OH is 2. The van der Waals surface area contributed by atoms with E-state index in [9.17, 15) is 30.3 Å². The Hall–Kier alpha value is -4.35. The number of aromatic hydroxyl groups is 1. The van der Waals surface area contributed by atoms with Gasteiger partial charge in [-0.15, -0.1) is 0 Å². The van der Waals surface area contributed by atoms with Crippen LogP contribution in [-0.4, -0.2) is 108 Å². The third-order valence-corrected chi connectivity index (χ3v) is 10.4. The molecule has 4 aliphatic heterocycles.